The van der Waals surface area contributed by atoms with Gasteiger partial charge in [0.15, 0.2) is 0 Å². The van der Waals surface area contributed by atoms with E-state index in [9.17, 15) is 10.1 Å². The number of carboxylic acid groups (broad SMARTS) is 1. The molecule has 0 amide bonds. The number of nitrogens with zero attached hydrogens (tertiary/aromatic N) is 1. The number of halogens is 1. The van der Waals surface area contributed by atoms with Crippen molar-refractivity contribution in [1.29, 1.82) is 5.26 Å². The number of nitriles is 1. The molecule has 1 N–H and O–H groups in total. The fraction of sp³-hybridized carbons (Fsp3) is 0.125. The van der Waals surface area contributed by atoms with E-state index in [1.54, 1.807) is 43.3 Å². The van der Waals surface area contributed by atoms with E-state index in [0.29, 0.717) is 10.8 Å². The number of hydrogen-bond donors (Lipinski definition) is 1. The molecule has 106 valence electrons. The number of aliphatic carboxylic acids is 1. The summed E-state index contributed by atoms with van der Waals surface area (Å²) in [5.41, 5.74) is 0.885. The van der Waals surface area contributed by atoms with Crippen molar-refractivity contribution in [3.8, 4) is 17.4 Å². The molecule has 5 heteroatoms. The van der Waals surface area contributed by atoms with Gasteiger partial charge in [-0.2, -0.15) is 5.26 Å². The van der Waals surface area contributed by atoms with Crippen LogP contribution >= 0.6 is 11.6 Å². The number of rotatable bonds is 4. The first-order valence-corrected chi connectivity index (χ1v) is 6.67. The molecule has 0 unspecified atom stereocenters. The molecular formula is C16H12ClNO3. The fourth-order valence-corrected chi connectivity index (χ4v) is 2.07. The average molecular weight is 302 g/mol. The van der Waals surface area contributed by atoms with Gasteiger partial charge in [0.25, 0.3) is 0 Å². The molecule has 0 atom stereocenters. The zero-order chi connectivity index (χ0) is 15.4. The van der Waals surface area contributed by atoms with E-state index in [1.807, 2.05) is 6.07 Å². The molecule has 1 aromatic carbocycles. The summed E-state index contributed by atoms with van der Waals surface area (Å²) in [6, 6.07) is 12.2. The van der Waals surface area contributed by atoms with Crippen LogP contribution in [0.3, 0.4) is 0 Å². The van der Waals surface area contributed by atoms with Gasteiger partial charge < -0.3 is 9.52 Å². The van der Waals surface area contributed by atoms with Crippen LogP contribution in [-0.2, 0) is 4.79 Å². The average Bonchev–Trinajstić information content (AvgIpc) is 2.94. The first-order valence-electron chi connectivity index (χ1n) is 6.29. The maximum atomic E-state index is 11.2. The van der Waals surface area contributed by atoms with Gasteiger partial charge in [-0.15, -0.1) is 0 Å². The predicted octanol–water partition coefficient (Wildman–Crippen LogP) is 4.37. The molecule has 0 aliphatic heterocycles. The van der Waals surface area contributed by atoms with Crippen LogP contribution in [-0.4, -0.2) is 11.1 Å². The van der Waals surface area contributed by atoms with Gasteiger partial charge in [-0.05, 0) is 42.8 Å². The number of carboxylic acids is 1. The van der Waals surface area contributed by atoms with Crippen molar-refractivity contribution in [3.63, 3.8) is 0 Å². The second-order valence-corrected chi connectivity index (χ2v) is 4.73. The van der Waals surface area contributed by atoms with Crippen LogP contribution in [0, 0.1) is 11.3 Å². The molecule has 4 nitrogen and oxygen atoms in total. The minimum atomic E-state index is -1.11. The normalized spacial score (nSPS) is 11.7. The molecule has 0 radical (unpaired) electrons. The first kappa shape index (κ1) is 14.9. The Morgan fingerprint density at radius 2 is 1.95 bits per heavy atom. The molecule has 0 aliphatic carbocycles. The highest BCUT2D eigenvalue weighted by molar-refractivity contribution is 6.30. The minimum absolute atomic E-state index is 0.0366. The summed E-state index contributed by atoms with van der Waals surface area (Å²) in [5.74, 6) is -0.310. The molecule has 0 aliphatic rings. The van der Waals surface area contributed by atoms with Gasteiger partial charge in [0, 0.05) is 10.6 Å². The molecule has 1 heterocycles. The number of carbonyl (C=O) groups is 1. The van der Waals surface area contributed by atoms with Crippen molar-refractivity contribution in [2.45, 2.75) is 13.3 Å². The topological polar surface area (TPSA) is 74.2 Å². The monoisotopic (exact) mass is 301 g/mol. The highest BCUT2D eigenvalue weighted by Crippen LogP contribution is 2.28. The van der Waals surface area contributed by atoms with Crippen LogP contribution < -0.4 is 0 Å². The van der Waals surface area contributed by atoms with Gasteiger partial charge in [0.2, 0.25) is 0 Å². The van der Waals surface area contributed by atoms with E-state index < -0.39 is 5.97 Å². The number of furan rings is 1. The van der Waals surface area contributed by atoms with Crippen LogP contribution in [0.4, 0.5) is 0 Å². The van der Waals surface area contributed by atoms with Crippen LogP contribution in [0.25, 0.3) is 16.9 Å². The lowest BCUT2D eigenvalue weighted by Gasteiger charge is -2.01. The third kappa shape index (κ3) is 3.15. The Morgan fingerprint density at radius 3 is 2.48 bits per heavy atom. The van der Waals surface area contributed by atoms with Gasteiger partial charge in [-0.25, -0.2) is 4.79 Å². The fourth-order valence-electron chi connectivity index (χ4n) is 1.95. The minimum Gasteiger partial charge on any atom is -0.478 e. The number of benzene rings is 1. The second kappa shape index (κ2) is 6.29. The highest BCUT2D eigenvalue weighted by atomic mass is 35.5. The van der Waals surface area contributed by atoms with Crippen molar-refractivity contribution in [3.05, 3.63) is 52.8 Å². The molecule has 21 heavy (non-hydrogen) atoms. The summed E-state index contributed by atoms with van der Waals surface area (Å²) in [7, 11) is 0. The zero-order valence-corrected chi connectivity index (χ0v) is 12.0. The summed E-state index contributed by atoms with van der Waals surface area (Å²) in [5, 5.41) is 18.9. The Labute approximate surface area is 126 Å². The summed E-state index contributed by atoms with van der Waals surface area (Å²) in [4.78, 5) is 11.2. The lowest BCUT2D eigenvalue weighted by atomic mass is 10.1. The Hall–Kier alpha value is -2.51. The quantitative estimate of drug-likeness (QED) is 0.672. The van der Waals surface area contributed by atoms with Crippen molar-refractivity contribution < 1.29 is 14.3 Å². The molecule has 1 aromatic heterocycles. The Morgan fingerprint density at radius 1 is 1.29 bits per heavy atom. The summed E-state index contributed by atoms with van der Waals surface area (Å²) in [6.07, 6.45) is 0.245. The van der Waals surface area contributed by atoms with Crippen molar-refractivity contribution in [1.82, 2.24) is 0 Å². The van der Waals surface area contributed by atoms with Crippen LogP contribution in [0.5, 0.6) is 0 Å². The van der Waals surface area contributed by atoms with Crippen LogP contribution in [0.2, 0.25) is 5.02 Å². The summed E-state index contributed by atoms with van der Waals surface area (Å²) in [6.45, 7) is 1.68. The van der Waals surface area contributed by atoms with Crippen molar-refractivity contribution in [2.24, 2.45) is 0 Å². The maximum absolute atomic E-state index is 11.2. The third-order valence-electron chi connectivity index (χ3n) is 3.01. The van der Waals surface area contributed by atoms with E-state index in [1.165, 1.54) is 0 Å². The molecule has 0 fully saturated rings. The molecule has 2 aromatic rings. The molecule has 0 saturated heterocycles. The van der Waals surface area contributed by atoms with E-state index in [0.717, 1.165) is 5.56 Å². The lowest BCUT2D eigenvalue weighted by molar-refractivity contribution is -0.132. The van der Waals surface area contributed by atoms with E-state index in [4.69, 9.17) is 21.1 Å². The number of allylic oxidation sites excluding steroid dienone is 1. The largest absolute Gasteiger partial charge is 0.478 e. The van der Waals surface area contributed by atoms with Gasteiger partial charge >= 0.3 is 5.97 Å². The summed E-state index contributed by atoms with van der Waals surface area (Å²) < 4.78 is 5.61. The molecule has 0 bridgehead atoms. The SMILES string of the molecule is CC/C(C(=O)O)=C(/C#N)c1ccc(-c2ccc(Cl)cc2)o1. The lowest BCUT2D eigenvalue weighted by Crippen LogP contribution is -2.02. The molecule has 2 rings (SSSR count). The third-order valence-corrected chi connectivity index (χ3v) is 3.26. The standard InChI is InChI=1S/C16H12ClNO3/c1-2-12(16(19)20)13(9-18)15-8-7-14(21-15)10-3-5-11(17)6-4-10/h3-8H,2H2,1H3,(H,19,20)/b13-12+. The van der Waals surface area contributed by atoms with E-state index in [2.05, 4.69) is 0 Å². The van der Waals surface area contributed by atoms with Crippen LogP contribution in [0.15, 0.2) is 46.4 Å². The number of hydrogen-bond acceptors (Lipinski definition) is 3. The predicted molar refractivity (Wildman–Crippen MR) is 79.6 cm³/mol. The second-order valence-electron chi connectivity index (χ2n) is 4.29. The molecule has 0 saturated carbocycles. The highest BCUT2D eigenvalue weighted by Gasteiger charge is 2.17. The maximum Gasteiger partial charge on any atom is 0.333 e. The van der Waals surface area contributed by atoms with Gasteiger partial charge in [0.1, 0.15) is 23.2 Å². The smallest absolute Gasteiger partial charge is 0.333 e. The molecular weight excluding hydrogens is 290 g/mol. The van der Waals surface area contributed by atoms with E-state index >= 15 is 0 Å². The van der Waals surface area contributed by atoms with Crippen LogP contribution in [0.1, 0.15) is 19.1 Å². The van der Waals surface area contributed by atoms with Crippen molar-refractivity contribution >= 4 is 23.1 Å². The zero-order valence-electron chi connectivity index (χ0n) is 11.3. The van der Waals surface area contributed by atoms with E-state index in [-0.39, 0.29) is 23.3 Å². The van der Waals surface area contributed by atoms with Crippen molar-refractivity contribution in [2.75, 3.05) is 0 Å². The summed E-state index contributed by atoms with van der Waals surface area (Å²) >= 11 is 5.83. The van der Waals surface area contributed by atoms with Gasteiger partial charge in [0.05, 0.1) is 5.57 Å². The van der Waals surface area contributed by atoms with Gasteiger partial charge in [-0.3, -0.25) is 0 Å². The Kier molecular flexibility index (Phi) is 4.46. The molecule has 0 spiro atoms. The van der Waals surface area contributed by atoms with Gasteiger partial charge in [-0.1, -0.05) is 18.5 Å². The first-order chi connectivity index (χ1) is 10.1. The Balaban J connectivity index is 2.46. The Bertz CT molecular complexity index is 736.